The molecule has 4 rings (SSSR count). The third-order valence-corrected chi connectivity index (χ3v) is 6.45. The van der Waals surface area contributed by atoms with Crippen molar-refractivity contribution < 1.29 is 22.7 Å². The van der Waals surface area contributed by atoms with Crippen molar-refractivity contribution in [3.63, 3.8) is 0 Å². The Morgan fingerprint density at radius 1 is 1.20 bits per heavy atom. The van der Waals surface area contributed by atoms with Gasteiger partial charge in [-0.15, -0.1) is 10.2 Å². The molecule has 2 heterocycles. The summed E-state index contributed by atoms with van der Waals surface area (Å²) in [4.78, 5) is 12.7. The molecule has 0 radical (unpaired) electrons. The molecule has 0 fully saturated rings. The van der Waals surface area contributed by atoms with Gasteiger partial charge in [0.1, 0.15) is 16.5 Å². The maximum atomic E-state index is 12.7. The van der Waals surface area contributed by atoms with Crippen LogP contribution in [0, 0.1) is 0 Å². The molecule has 0 unspecified atom stereocenters. The second kappa shape index (κ2) is 7.92. The molecule has 30 heavy (non-hydrogen) atoms. The van der Waals surface area contributed by atoms with Crippen molar-refractivity contribution in [1.29, 1.82) is 0 Å². The van der Waals surface area contributed by atoms with Gasteiger partial charge in [0, 0.05) is 5.56 Å². The summed E-state index contributed by atoms with van der Waals surface area (Å²) in [5, 5.41) is 11.7. The molecule has 3 aromatic rings. The molecule has 1 aromatic heterocycles. The number of sulfonamides is 1. The van der Waals surface area contributed by atoms with Crippen LogP contribution in [0.15, 0.2) is 48.5 Å². The van der Waals surface area contributed by atoms with E-state index in [1.54, 1.807) is 31.4 Å². The number of fused-ring (bicyclic) bond motifs is 1. The predicted octanol–water partition coefficient (Wildman–Crippen LogP) is 2.38. The van der Waals surface area contributed by atoms with Gasteiger partial charge in [0.2, 0.25) is 15.2 Å². The van der Waals surface area contributed by atoms with Crippen LogP contribution in [0.5, 0.6) is 11.5 Å². The van der Waals surface area contributed by atoms with Crippen LogP contribution >= 0.6 is 11.3 Å². The van der Waals surface area contributed by atoms with Crippen LogP contribution in [0.25, 0.3) is 10.6 Å². The normalized spacial score (nSPS) is 15.8. The van der Waals surface area contributed by atoms with Crippen LogP contribution in [0.3, 0.4) is 0 Å². The van der Waals surface area contributed by atoms with E-state index in [0.29, 0.717) is 21.6 Å². The van der Waals surface area contributed by atoms with E-state index in [4.69, 9.17) is 9.47 Å². The van der Waals surface area contributed by atoms with Gasteiger partial charge in [-0.1, -0.05) is 23.5 Å². The molecule has 9 nitrogen and oxygen atoms in total. The SMILES string of the molecule is COc1ccc(-c2nnc(NC(=O)[C@H]3CN(S(C)(=O)=O)c4ccccc4O3)s2)cc1. The van der Waals surface area contributed by atoms with Crippen LogP contribution < -0.4 is 19.1 Å². The zero-order chi connectivity index (χ0) is 21.3. The Balaban J connectivity index is 1.51. The number of amides is 1. The summed E-state index contributed by atoms with van der Waals surface area (Å²) in [5.41, 5.74) is 1.24. The number of hydrogen-bond donors (Lipinski definition) is 1. The number of para-hydroxylation sites is 2. The molecule has 0 aliphatic carbocycles. The molecule has 156 valence electrons. The largest absolute Gasteiger partial charge is 0.497 e. The first-order valence-corrected chi connectivity index (χ1v) is 11.5. The van der Waals surface area contributed by atoms with Gasteiger partial charge < -0.3 is 9.47 Å². The molecule has 1 amide bonds. The topological polar surface area (TPSA) is 111 Å². The lowest BCUT2D eigenvalue weighted by Gasteiger charge is -2.33. The molecule has 1 aliphatic rings. The van der Waals surface area contributed by atoms with E-state index in [2.05, 4.69) is 15.5 Å². The number of nitrogens with zero attached hydrogens (tertiary/aromatic N) is 3. The molecule has 1 N–H and O–H groups in total. The molecule has 0 bridgehead atoms. The van der Waals surface area contributed by atoms with Gasteiger partial charge in [-0.3, -0.25) is 14.4 Å². The first-order valence-electron chi connectivity index (χ1n) is 8.87. The molecule has 1 aliphatic heterocycles. The number of carbonyl (C=O) groups is 1. The summed E-state index contributed by atoms with van der Waals surface area (Å²) in [6.07, 6.45) is 0.0682. The van der Waals surface area contributed by atoms with E-state index in [1.807, 2.05) is 24.3 Å². The smallest absolute Gasteiger partial charge is 0.269 e. The molecule has 2 aromatic carbocycles. The number of nitrogens with one attached hydrogen (secondary N) is 1. The van der Waals surface area contributed by atoms with E-state index in [0.717, 1.165) is 17.6 Å². The van der Waals surface area contributed by atoms with E-state index < -0.39 is 22.0 Å². The van der Waals surface area contributed by atoms with Crippen LogP contribution in [0.4, 0.5) is 10.8 Å². The number of ether oxygens (including phenoxy) is 2. The number of methoxy groups -OCH3 is 1. The van der Waals surface area contributed by atoms with Crippen LogP contribution in [0.2, 0.25) is 0 Å². The van der Waals surface area contributed by atoms with Crippen molar-refractivity contribution in [2.45, 2.75) is 6.10 Å². The highest BCUT2D eigenvalue weighted by molar-refractivity contribution is 7.92. The number of aromatic nitrogens is 2. The average Bonchev–Trinajstić information content (AvgIpc) is 3.20. The highest BCUT2D eigenvalue weighted by atomic mass is 32.2. The van der Waals surface area contributed by atoms with Crippen molar-refractivity contribution in [1.82, 2.24) is 10.2 Å². The van der Waals surface area contributed by atoms with Crippen molar-refractivity contribution in [2.75, 3.05) is 29.5 Å². The monoisotopic (exact) mass is 446 g/mol. The van der Waals surface area contributed by atoms with Crippen LogP contribution in [-0.2, 0) is 14.8 Å². The van der Waals surface area contributed by atoms with E-state index in [1.165, 1.54) is 15.6 Å². The number of benzene rings is 2. The Morgan fingerprint density at radius 3 is 2.63 bits per heavy atom. The van der Waals surface area contributed by atoms with Gasteiger partial charge in [-0.2, -0.15) is 0 Å². The van der Waals surface area contributed by atoms with Gasteiger partial charge in [-0.05, 0) is 36.4 Å². The minimum absolute atomic E-state index is 0.133. The molecule has 0 saturated carbocycles. The Morgan fingerprint density at radius 2 is 1.93 bits per heavy atom. The summed E-state index contributed by atoms with van der Waals surface area (Å²) in [7, 11) is -1.99. The third-order valence-electron chi connectivity index (χ3n) is 4.42. The Labute approximate surface area is 177 Å². The summed E-state index contributed by atoms with van der Waals surface area (Å²) >= 11 is 1.20. The molecule has 1 atom stereocenters. The second-order valence-electron chi connectivity index (χ2n) is 6.50. The lowest BCUT2D eigenvalue weighted by Crippen LogP contribution is -2.48. The number of rotatable bonds is 5. The standard InChI is InChI=1S/C19H18N4O5S2/c1-27-13-9-7-12(8-10-13)18-21-22-19(29-18)20-17(24)16-11-23(30(2,25)26)14-5-3-4-6-15(14)28-16/h3-10,16H,11H2,1-2H3,(H,20,22,24)/t16-/m1/s1. The fourth-order valence-corrected chi connectivity index (χ4v) is 4.63. The fraction of sp³-hybridized carbons (Fsp3) is 0.211. The lowest BCUT2D eigenvalue weighted by atomic mass is 10.2. The van der Waals surface area contributed by atoms with Crippen molar-refractivity contribution in [3.05, 3.63) is 48.5 Å². The summed E-state index contributed by atoms with van der Waals surface area (Å²) in [5.74, 6) is 0.544. The Bertz CT molecular complexity index is 1180. The lowest BCUT2D eigenvalue weighted by molar-refractivity contribution is -0.122. The Hall–Kier alpha value is -3.18. The maximum absolute atomic E-state index is 12.7. The molecular formula is C19H18N4O5S2. The van der Waals surface area contributed by atoms with E-state index in [9.17, 15) is 13.2 Å². The average molecular weight is 447 g/mol. The summed E-state index contributed by atoms with van der Waals surface area (Å²) in [6.45, 7) is -0.133. The zero-order valence-corrected chi connectivity index (χ0v) is 17.7. The quantitative estimate of drug-likeness (QED) is 0.641. The molecule has 0 saturated heterocycles. The minimum Gasteiger partial charge on any atom is -0.497 e. The molecule has 0 spiro atoms. The van der Waals surface area contributed by atoms with E-state index >= 15 is 0 Å². The van der Waals surface area contributed by atoms with Gasteiger partial charge in [0.05, 0.1) is 25.6 Å². The van der Waals surface area contributed by atoms with Gasteiger partial charge in [0.15, 0.2) is 6.10 Å². The maximum Gasteiger partial charge on any atom is 0.269 e. The molecule has 11 heteroatoms. The summed E-state index contributed by atoms with van der Waals surface area (Å²) < 4.78 is 36.4. The summed E-state index contributed by atoms with van der Waals surface area (Å²) in [6, 6.07) is 14.0. The van der Waals surface area contributed by atoms with Crippen molar-refractivity contribution in [2.24, 2.45) is 0 Å². The predicted molar refractivity (Wildman–Crippen MR) is 114 cm³/mol. The third kappa shape index (κ3) is 4.07. The van der Waals surface area contributed by atoms with Gasteiger partial charge >= 0.3 is 0 Å². The second-order valence-corrected chi connectivity index (χ2v) is 9.38. The van der Waals surface area contributed by atoms with Crippen LogP contribution in [0.1, 0.15) is 0 Å². The zero-order valence-electron chi connectivity index (χ0n) is 16.1. The van der Waals surface area contributed by atoms with Gasteiger partial charge in [-0.25, -0.2) is 8.42 Å². The first kappa shape index (κ1) is 20.1. The Kier molecular flexibility index (Phi) is 5.31. The van der Waals surface area contributed by atoms with Crippen LogP contribution in [-0.4, -0.2) is 50.5 Å². The molecular weight excluding hydrogens is 428 g/mol. The minimum atomic E-state index is -3.58. The first-order chi connectivity index (χ1) is 14.3. The highest BCUT2D eigenvalue weighted by Gasteiger charge is 2.35. The van der Waals surface area contributed by atoms with Gasteiger partial charge in [0.25, 0.3) is 5.91 Å². The number of carbonyl (C=O) groups excluding carboxylic acids is 1. The number of anilines is 2. The van der Waals surface area contributed by atoms with Crippen molar-refractivity contribution >= 4 is 38.1 Å². The van der Waals surface area contributed by atoms with Crippen molar-refractivity contribution in [3.8, 4) is 22.1 Å². The highest BCUT2D eigenvalue weighted by Crippen LogP contribution is 2.35. The fourth-order valence-electron chi connectivity index (χ4n) is 2.96. The van der Waals surface area contributed by atoms with E-state index in [-0.39, 0.29) is 6.54 Å². The number of hydrogen-bond acceptors (Lipinski definition) is 8.